The summed E-state index contributed by atoms with van der Waals surface area (Å²) >= 11 is 2.08. The molecular formula is C17H26N2S. The number of piperazine rings is 1. The lowest BCUT2D eigenvalue weighted by Crippen LogP contribution is -2.60. The molecule has 1 aromatic rings. The molecule has 1 saturated heterocycles. The summed E-state index contributed by atoms with van der Waals surface area (Å²) in [7, 11) is 0. The summed E-state index contributed by atoms with van der Waals surface area (Å²) < 4.78 is 0. The van der Waals surface area contributed by atoms with Crippen molar-refractivity contribution in [2.45, 2.75) is 48.8 Å². The first-order chi connectivity index (χ1) is 9.74. The Labute approximate surface area is 127 Å². The van der Waals surface area contributed by atoms with Crippen LogP contribution in [0.4, 0.5) is 0 Å². The molecule has 0 bridgehead atoms. The molecule has 3 rings (SSSR count). The van der Waals surface area contributed by atoms with Crippen molar-refractivity contribution >= 4 is 11.8 Å². The predicted molar refractivity (Wildman–Crippen MR) is 87.5 cm³/mol. The highest BCUT2D eigenvalue weighted by atomic mass is 32.2. The third kappa shape index (κ3) is 2.90. The van der Waals surface area contributed by atoms with Gasteiger partial charge in [0.05, 0.1) is 0 Å². The average molecular weight is 290 g/mol. The fourth-order valence-electron chi connectivity index (χ4n) is 3.57. The molecule has 0 aromatic heterocycles. The summed E-state index contributed by atoms with van der Waals surface area (Å²) in [6, 6.07) is 8.91. The van der Waals surface area contributed by atoms with E-state index in [0.29, 0.717) is 5.54 Å². The molecule has 3 heteroatoms. The molecule has 1 aromatic carbocycles. The fraction of sp³-hybridized carbons (Fsp3) is 0.647. The Bertz CT molecular complexity index is 431. The molecule has 0 aliphatic carbocycles. The number of fused-ring (bicyclic) bond motifs is 1. The predicted octanol–water partition coefficient (Wildman–Crippen LogP) is 3.17. The fourth-order valence-corrected chi connectivity index (χ4v) is 4.93. The summed E-state index contributed by atoms with van der Waals surface area (Å²) in [6.45, 7) is 9.44. The van der Waals surface area contributed by atoms with Gasteiger partial charge < -0.3 is 5.32 Å². The molecule has 0 spiro atoms. The van der Waals surface area contributed by atoms with Gasteiger partial charge >= 0.3 is 0 Å². The maximum atomic E-state index is 3.76. The van der Waals surface area contributed by atoms with Crippen LogP contribution >= 0.6 is 11.8 Å². The van der Waals surface area contributed by atoms with Crippen molar-refractivity contribution in [1.29, 1.82) is 0 Å². The van der Waals surface area contributed by atoms with Gasteiger partial charge in [0.15, 0.2) is 0 Å². The van der Waals surface area contributed by atoms with E-state index in [-0.39, 0.29) is 0 Å². The maximum Gasteiger partial charge on any atom is 0.0304 e. The summed E-state index contributed by atoms with van der Waals surface area (Å²) in [6.07, 6.45) is 3.71. The maximum absolute atomic E-state index is 3.76. The van der Waals surface area contributed by atoms with E-state index in [9.17, 15) is 0 Å². The van der Waals surface area contributed by atoms with Crippen LogP contribution in [0.1, 0.15) is 32.3 Å². The SMILES string of the molecule is CCC1(CC)CN(CC2Cc3ccccc3S2)CCN1. The molecule has 20 heavy (non-hydrogen) atoms. The number of hydrogen-bond acceptors (Lipinski definition) is 3. The van der Waals surface area contributed by atoms with Crippen molar-refractivity contribution in [3.63, 3.8) is 0 Å². The second-order valence-electron chi connectivity index (χ2n) is 6.20. The molecule has 1 unspecified atom stereocenters. The molecule has 2 nitrogen and oxygen atoms in total. The number of nitrogens with zero attached hydrogens (tertiary/aromatic N) is 1. The van der Waals surface area contributed by atoms with Crippen molar-refractivity contribution in [1.82, 2.24) is 10.2 Å². The molecule has 110 valence electrons. The third-order valence-corrected chi connectivity index (χ3v) is 6.28. The lowest BCUT2D eigenvalue weighted by molar-refractivity contribution is 0.124. The van der Waals surface area contributed by atoms with E-state index in [0.717, 1.165) is 11.8 Å². The molecule has 1 fully saturated rings. The van der Waals surface area contributed by atoms with Crippen LogP contribution in [0.25, 0.3) is 0 Å². The van der Waals surface area contributed by atoms with E-state index >= 15 is 0 Å². The van der Waals surface area contributed by atoms with Gasteiger partial charge in [0.25, 0.3) is 0 Å². The summed E-state index contributed by atoms with van der Waals surface area (Å²) in [4.78, 5) is 4.19. The van der Waals surface area contributed by atoms with Crippen LogP contribution in [0.15, 0.2) is 29.2 Å². The first-order valence-corrected chi connectivity index (χ1v) is 8.84. The van der Waals surface area contributed by atoms with Crippen molar-refractivity contribution in [3.05, 3.63) is 29.8 Å². The zero-order chi connectivity index (χ0) is 14.0. The first kappa shape index (κ1) is 14.4. The van der Waals surface area contributed by atoms with Gasteiger partial charge in [-0.3, -0.25) is 4.90 Å². The smallest absolute Gasteiger partial charge is 0.0304 e. The molecule has 0 saturated carbocycles. The number of rotatable bonds is 4. The molecule has 2 aliphatic heterocycles. The highest BCUT2D eigenvalue weighted by Crippen LogP contribution is 2.37. The van der Waals surface area contributed by atoms with Crippen LogP contribution in [0, 0.1) is 0 Å². The van der Waals surface area contributed by atoms with Gasteiger partial charge in [0.2, 0.25) is 0 Å². The highest BCUT2D eigenvalue weighted by Gasteiger charge is 2.33. The van der Waals surface area contributed by atoms with Gasteiger partial charge in [-0.05, 0) is 30.9 Å². The number of thioether (sulfide) groups is 1. The van der Waals surface area contributed by atoms with Crippen LogP contribution < -0.4 is 5.32 Å². The van der Waals surface area contributed by atoms with Gasteiger partial charge in [-0.15, -0.1) is 11.8 Å². The zero-order valence-corrected chi connectivity index (χ0v) is 13.5. The van der Waals surface area contributed by atoms with Gasteiger partial charge in [0.1, 0.15) is 0 Å². The number of benzene rings is 1. The lowest BCUT2D eigenvalue weighted by atomic mass is 9.90. The Morgan fingerprint density at radius 1 is 1.30 bits per heavy atom. The number of nitrogens with one attached hydrogen (secondary N) is 1. The minimum absolute atomic E-state index is 0.356. The molecule has 1 N–H and O–H groups in total. The van der Waals surface area contributed by atoms with E-state index in [1.165, 1.54) is 43.8 Å². The van der Waals surface area contributed by atoms with Crippen molar-refractivity contribution in [2.24, 2.45) is 0 Å². The monoisotopic (exact) mass is 290 g/mol. The minimum Gasteiger partial charge on any atom is -0.309 e. The van der Waals surface area contributed by atoms with Crippen LogP contribution in [0.2, 0.25) is 0 Å². The average Bonchev–Trinajstić information content (AvgIpc) is 2.89. The molecular weight excluding hydrogens is 264 g/mol. The molecule has 0 amide bonds. The van der Waals surface area contributed by atoms with E-state index in [1.807, 2.05) is 0 Å². The Balaban J connectivity index is 1.59. The Hall–Kier alpha value is -0.510. The normalized spacial score (nSPS) is 25.6. The van der Waals surface area contributed by atoms with Gasteiger partial charge in [-0.2, -0.15) is 0 Å². The lowest BCUT2D eigenvalue weighted by Gasteiger charge is -2.43. The van der Waals surface area contributed by atoms with E-state index < -0.39 is 0 Å². The first-order valence-electron chi connectivity index (χ1n) is 7.96. The molecule has 0 radical (unpaired) electrons. The second-order valence-corrected chi connectivity index (χ2v) is 7.54. The summed E-state index contributed by atoms with van der Waals surface area (Å²) in [5.41, 5.74) is 1.91. The Morgan fingerprint density at radius 2 is 2.10 bits per heavy atom. The minimum atomic E-state index is 0.356. The second kappa shape index (κ2) is 6.08. The Morgan fingerprint density at radius 3 is 2.85 bits per heavy atom. The number of hydrogen-bond donors (Lipinski definition) is 1. The van der Waals surface area contributed by atoms with E-state index in [4.69, 9.17) is 0 Å². The van der Waals surface area contributed by atoms with Crippen molar-refractivity contribution < 1.29 is 0 Å². The quantitative estimate of drug-likeness (QED) is 0.917. The highest BCUT2D eigenvalue weighted by molar-refractivity contribution is 8.00. The zero-order valence-electron chi connectivity index (χ0n) is 12.7. The van der Waals surface area contributed by atoms with Gasteiger partial charge in [-0.25, -0.2) is 0 Å². The topological polar surface area (TPSA) is 15.3 Å². The van der Waals surface area contributed by atoms with Crippen LogP contribution in [0.5, 0.6) is 0 Å². The van der Waals surface area contributed by atoms with Crippen LogP contribution in [-0.4, -0.2) is 41.9 Å². The van der Waals surface area contributed by atoms with Crippen LogP contribution in [0.3, 0.4) is 0 Å². The van der Waals surface area contributed by atoms with Crippen molar-refractivity contribution in [3.8, 4) is 0 Å². The van der Waals surface area contributed by atoms with Crippen molar-refractivity contribution in [2.75, 3.05) is 26.2 Å². The third-order valence-electron chi connectivity index (χ3n) is 4.98. The summed E-state index contributed by atoms with van der Waals surface area (Å²) in [5, 5.41) is 4.50. The van der Waals surface area contributed by atoms with E-state index in [2.05, 4.69) is 60.1 Å². The van der Waals surface area contributed by atoms with E-state index in [1.54, 1.807) is 5.56 Å². The molecule has 1 atom stereocenters. The molecule has 2 heterocycles. The largest absolute Gasteiger partial charge is 0.309 e. The van der Waals surface area contributed by atoms with Crippen LogP contribution in [-0.2, 0) is 6.42 Å². The standard InChI is InChI=1S/C17H26N2S/c1-3-17(4-2)13-19(10-9-18-17)12-15-11-14-7-5-6-8-16(14)20-15/h5-8,15,18H,3-4,9-13H2,1-2H3. The summed E-state index contributed by atoms with van der Waals surface area (Å²) in [5.74, 6) is 0. The van der Waals surface area contributed by atoms with Gasteiger partial charge in [-0.1, -0.05) is 32.0 Å². The van der Waals surface area contributed by atoms with Gasteiger partial charge in [0, 0.05) is 41.9 Å². The Kier molecular flexibility index (Phi) is 4.39. The molecule has 2 aliphatic rings.